The first kappa shape index (κ1) is 25.2. The molecule has 0 saturated carbocycles. The van der Waals surface area contributed by atoms with E-state index in [2.05, 4.69) is 20.6 Å². The van der Waals surface area contributed by atoms with E-state index in [0.29, 0.717) is 36.2 Å². The van der Waals surface area contributed by atoms with Gasteiger partial charge < -0.3 is 20.3 Å². The molecule has 7 nitrogen and oxygen atoms in total. The number of nitrogens with zero attached hydrogens (tertiary/aromatic N) is 3. The number of benzene rings is 2. The van der Waals surface area contributed by atoms with Crippen LogP contribution in [0.4, 0.5) is 30.6 Å². The van der Waals surface area contributed by atoms with E-state index in [9.17, 15) is 18.0 Å². The molecule has 0 fully saturated rings. The largest absolute Gasteiger partial charge is 0.489 e. The minimum atomic E-state index is -1.50. The molecule has 1 aliphatic heterocycles. The van der Waals surface area contributed by atoms with Crippen molar-refractivity contribution in [1.29, 1.82) is 0 Å². The van der Waals surface area contributed by atoms with Gasteiger partial charge in [0.2, 0.25) is 11.9 Å². The number of amides is 1. The van der Waals surface area contributed by atoms with E-state index in [4.69, 9.17) is 4.74 Å². The topological polar surface area (TPSA) is 79.4 Å². The van der Waals surface area contributed by atoms with Crippen LogP contribution in [0.3, 0.4) is 0 Å². The van der Waals surface area contributed by atoms with Crippen LogP contribution in [0.5, 0.6) is 5.75 Å². The van der Waals surface area contributed by atoms with Crippen molar-refractivity contribution in [3.8, 4) is 5.75 Å². The summed E-state index contributed by atoms with van der Waals surface area (Å²) in [5, 5.41) is 5.97. The molecule has 0 spiro atoms. The smallest absolute Gasteiger partial charge is 0.247 e. The lowest BCUT2D eigenvalue weighted by Crippen LogP contribution is -2.46. The van der Waals surface area contributed by atoms with Crippen LogP contribution in [0.2, 0.25) is 0 Å². The second-order valence-electron chi connectivity index (χ2n) is 7.61. The van der Waals surface area contributed by atoms with Gasteiger partial charge in [-0.05, 0) is 41.8 Å². The highest BCUT2D eigenvalue weighted by molar-refractivity contribution is 7.59. The van der Waals surface area contributed by atoms with Crippen LogP contribution in [0.15, 0.2) is 42.6 Å². The molecule has 0 unspecified atom stereocenters. The van der Waals surface area contributed by atoms with Crippen molar-refractivity contribution in [3.05, 3.63) is 71.2 Å². The Kier molecular flexibility index (Phi) is 7.87. The summed E-state index contributed by atoms with van der Waals surface area (Å²) < 4.78 is 45.2. The summed E-state index contributed by atoms with van der Waals surface area (Å²) in [6, 6.07) is 8.61. The van der Waals surface area contributed by atoms with Crippen molar-refractivity contribution in [1.82, 2.24) is 9.97 Å². The lowest BCUT2D eigenvalue weighted by Gasteiger charge is -2.33. The van der Waals surface area contributed by atoms with Crippen molar-refractivity contribution in [2.24, 2.45) is 0 Å². The fourth-order valence-electron chi connectivity index (χ4n) is 3.56. The maximum absolute atomic E-state index is 13.3. The molecule has 2 heterocycles. The van der Waals surface area contributed by atoms with E-state index in [-0.39, 0.29) is 37.6 Å². The van der Waals surface area contributed by atoms with E-state index in [1.807, 2.05) is 31.0 Å². The number of aromatic nitrogens is 2. The van der Waals surface area contributed by atoms with Crippen LogP contribution < -0.4 is 20.3 Å². The first-order chi connectivity index (χ1) is 15.9. The molecule has 4 rings (SSSR count). The van der Waals surface area contributed by atoms with Crippen LogP contribution >= 0.6 is 13.5 Å². The van der Waals surface area contributed by atoms with Crippen LogP contribution in [0.25, 0.3) is 0 Å². The Hall–Kier alpha value is -3.47. The van der Waals surface area contributed by atoms with E-state index < -0.39 is 17.5 Å². The summed E-state index contributed by atoms with van der Waals surface area (Å²) in [6.45, 7) is 2.29. The van der Waals surface area contributed by atoms with Crippen molar-refractivity contribution in [2.75, 3.05) is 22.6 Å². The van der Waals surface area contributed by atoms with Crippen molar-refractivity contribution in [2.45, 2.75) is 32.5 Å². The van der Waals surface area contributed by atoms with Gasteiger partial charge in [-0.2, -0.15) is 18.5 Å². The predicted octanol–water partition coefficient (Wildman–Crippen LogP) is 4.36. The molecule has 0 saturated heterocycles. The third-order valence-electron chi connectivity index (χ3n) is 5.34. The van der Waals surface area contributed by atoms with Gasteiger partial charge in [-0.25, -0.2) is 18.2 Å². The Balaban J connectivity index is 0.00000324. The lowest BCUT2D eigenvalue weighted by molar-refractivity contribution is -0.117. The highest BCUT2D eigenvalue weighted by Gasteiger charge is 2.30. The molecule has 0 bridgehead atoms. The summed E-state index contributed by atoms with van der Waals surface area (Å²) in [5.74, 6) is -2.51. The van der Waals surface area contributed by atoms with Gasteiger partial charge in [-0.3, -0.25) is 4.79 Å². The number of fused-ring (bicyclic) bond motifs is 1. The number of hydrogen-bond acceptors (Lipinski definition) is 6. The molecule has 1 amide bonds. The summed E-state index contributed by atoms with van der Waals surface area (Å²) in [4.78, 5) is 22.7. The number of carbonyl (C=O) groups excluding carboxylic acids is 1. The molecule has 1 atom stereocenters. The summed E-state index contributed by atoms with van der Waals surface area (Å²) in [5.41, 5.74) is 1.68. The zero-order valence-corrected chi connectivity index (χ0v) is 19.5. The number of hydrogen-bond donors (Lipinski definition) is 2. The molecule has 11 heteroatoms. The normalized spacial score (nSPS) is 14.7. The highest BCUT2D eigenvalue weighted by atomic mass is 32.1. The SMILES string of the molecule is CC[C@H]1C(=O)Nc2cnc(NCc3ccc(OCc4cc(F)c(F)c(F)c4)cc3)nc2N1C.S. The number of ether oxygens (including phenoxy) is 1. The molecule has 34 heavy (non-hydrogen) atoms. The van der Waals surface area contributed by atoms with E-state index in [0.717, 1.165) is 17.7 Å². The van der Waals surface area contributed by atoms with Gasteiger partial charge in [0.25, 0.3) is 0 Å². The first-order valence-electron chi connectivity index (χ1n) is 10.4. The number of anilines is 3. The van der Waals surface area contributed by atoms with Crippen LogP contribution in [-0.2, 0) is 17.9 Å². The molecule has 2 N–H and O–H groups in total. The van der Waals surface area contributed by atoms with Crippen LogP contribution in [-0.4, -0.2) is 29.0 Å². The zero-order chi connectivity index (χ0) is 23.5. The van der Waals surface area contributed by atoms with Gasteiger partial charge in [0.05, 0.1) is 6.20 Å². The fraction of sp³-hybridized carbons (Fsp3) is 0.261. The monoisotopic (exact) mass is 491 g/mol. The first-order valence-corrected chi connectivity index (χ1v) is 10.4. The standard InChI is InChI=1S/C23H22F3N5O2.H2S/c1-3-19-22(32)29-18-11-28-23(30-21(18)31(19)2)27-10-13-4-6-15(7-5-13)33-12-14-8-16(24)20(26)17(25)9-14;/h4-9,11,19H,3,10,12H2,1-2H3,(H,29,32)(H,27,28,30);1H2/t19-;/m0./s1. The second-order valence-corrected chi connectivity index (χ2v) is 7.61. The number of nitrogens with one attached hydrogen (secondary N) is 2. The summed E-state index contributed by atoms with van der Waals surface area (Å²) >= 11 is 0. The average Bonchev–Trinajstić information content (AvgIpc) is 2.81. The van der Waals surface area contributed by atoms with E-state index >= 15 is 0 Å². The van der Waals surface area contributed by atoms with E-state index in [1.54, 1.807) is 18.3 Å². The number of likely N-dealkylation sites (N-methyl/N-ethyl adjacent to an activating group) is 1. The van der Waals surface area contributed by atoms with Crippen molar-refractivity contribution >= 4 is 36.9 Å². The minimum absolute atomic E-state index is 0. The third-order valence-corrected chi connectivity index (χ3v) is 5.34. The quantitative estimate of drug-likeness (QED) is 0.478. The third kappa shape index (κ3) is 5.36. The van der Waals surface area contributed by atoms with Gasteiger partial charge in [0.15, 0.2) is 23.3 Å². The molecule has 180 valence electrons. The molecular weight excluding hydrogens is 467 g/mol. The number of rotatable bonds is 7. The average molecular weight is 492 g/mol. The Morgan fingerprint density at radius 2 is 1.79 bits per heavy atom. The highest BCUT2D eigenvalue weighted by Crippen LogP contribution is 2.30. The Morgan fingerprint density at radius 1 is 1.12 bits per heavy atom. The predicted molar refractivity (Wildman–Crippen MR) is 128 cm³/mol. The molecule has 2 aromatic carbocycles. The molecule has 3 aromatic rings. The second kappa shape index (κ2) is 10.6. The maximum atomic E-state index is 13.3. The van der Waals surface area contributed by atoms with E-state index in [1.165, 1.54) is 0 Å². The molecule has 1 aromatic heterocycles. The van der Waals surface area contributed by atoms with Gasteiger partial charge in [0, 0.05) is 13.6 Å². The number of halogens is 3. The molecular formula is C23H24F3N5O2S. The van der Waals surface area contributed by atoms with Crippen LogP contribution in [0.1, 0.15) is 24.5 Å². The Labute approximate surface area is 201 Å². The fourth-order valence-corrected chi connectivity index (χ4v) is 3.56. The Bertz CT molecular complexity index is 1160. The Morgan fingerprint density at radius 3 is 2.44 bits per heavy atom. The zero-order valence-electron chi connectivity index (χ0n) is 18.5. The van der Waals surface area contributed by atoms with Gasteiger partial charge in [0.1, 0.15) is 24.1 Å². The van der Waals surface area contributed by atoms with Gasteiger partial charge in [-0.15, -0.1) is 0 Å². The molecule has 1 aliphatic rings. The van der Waals surface area contributed by atoms with Crippen molar-refractivity contribution < 1.29 is 22.7 Å². The van der Waals surface area contributed by atoms with Crippen molar-refractivity contribution in [3.63, 3.8) is 0 Å². The summed E-state index contributed by atoms with van der Waals surface area (Å²) in [6.07, 6.45) is 2.23. The van der Waals surface area contributed by atoms with Crippen LogP contribution in [0, 0.1) is 17.5 Å². The summed E-state index contributed by atoms with van der Waals surface area (Å²) in [7, 11) is 1.83. The maximum Gasteiger partial charge on any atom is 0.247 e. The number of carbonyl (C=O) groups is 1. The lowest BCUT2D eigenvalue weighted by atomic mass is 10.1. The molecule has 0 aliphatic carbocycles. The van der Waals surface area contributed by atoms with Gasteiger partial charge in [-0.1, -0.05) is 19.1 Å². The van der Waals surface area contributed by atoms with Gasteiger partial charge >= 0.3 is 0 Å². The molecule has 0 radical (unpaired) electrons. The minimum Gasteiger partial charge on any atom is -0.489 e.